The highest BCUT2D eigenvalue weighted by molar-refractivity contribution is 5.58. The van der Waals surface area contributed by atoms with Gasteiger partial charge in [-0.25, -0.2) is 0 Å². The number of para-hydroxylation sites is 1. The van der Waals surface area contributed by atoms with Crippen molar-refractivity contribution in [3.8, 4) is 11.5 Å². The van der Waals surface area contributed by atoms with E-state index in [1.165, 1.54) is 5.56 Å². The predicted octanol–water partition coefficient (Wildman–Crippen LogP) is 2.51. The molecule has 2 aliphatic heterocycles. The zero-order valence-electron chi connectivity index (χ0n) is 7.33. The molecule has 0 radical (unpaired) electrons. The lowest BCUT2D eigenvalue weighted by molar-refractivity contribution is 0.423. The second kappa shape index (κ2) is 2.79. The van der Waals surface area contributed by atoms with Crippen molar-refractivity contribution in [2.24, 2.45) is 0 Å². The normalized spacial score (nSPS) is 21.3. The minimum atomic E-state index is 0.583. The van der Waals surface area contributed by atoms with Gasteiger partial charge >= 0.3 is 0 Å². The van der Waals surface area contributed by atoms with Crippen molar-refractivity contribution < 1.29 is 9.47 Å². The van der Waals surface area contributed by atoms with Gasteiger partial charge in [0, 0.05) is 0 Å². The van der Waals surface area contributed by atoms with Gasteiger partial charge in [0.25, 0.3) is 0 Å². The second-order valence-corrected chi connectivity index (χ2v) is 3.15. The number of aryl methyl sites for hydroxylation is 1. The summed E-state index contributed by atoms with van der Waals surface area (Å²) < 4.78 is 9.78. The highest BCUT2D eigenvalue weighted by Crippen LogP contribution is 2.47. The highest BCUT2D eigenvalue weighted by atomic mass is 16.6. The number of benzene rings is 1. The molecule has 1 saturated heterocycles. The molecule has 2 heteroatoms. The Labute approximate surface area is 72.1 Å². The standard InChI is InChI=1S/C7H6O.C3H6O/c1-5-3-2-4-6-7(5)8-6;1-3-2-4-3/h2-4H,1H3;3H,2H2,1H3. The number of hydrogen-bond acceptors (Lipinski definition) is 2. The van der Waals surface area contributed by atoms with Crippen LogP contribution in [0.1, 0.15) is 12.5 Å². The molecule has 1 fully saturated rings. The minimum absolute atomic E-state index is 0.583. The fourth-order valence-electron chi connectivity index (χ4n) is 0.921. The largest absolute Gasteiger partial charge is 0.449 e. The first kappa shape index (κ1) is 7.62. The summed E-state index contributed by atoms with van der Waals surface area (Å²) in [6.07, 6.45) is 0.583. The van der Waals surface area contributed by atoms with Crippen molar-refractivity contribution >= 4 is 0 Å². The van der Waals surface area contributed by atoms with E-state index in [1.54, 1.807) is 0 Å². The van der Waals surface area contributed by atoms with Gasteiger partial charge in [0.1, 0.15) is 0 Å². The number of ether oxygens (including phenoxy) is 2. The van der Waals surface area contributed by atoms with Crippen molar-refractivity contribution in [1.29, 1.82) is 0 Å². The summed E-state index contributed by atoms with van der Waals surface area (Å²) in [6.45, 7) is 5.09. The third-order valence-corrected chi connectivity index (χ3v) is 1.85. The molecule has 1 aromatic rings. The Morgan fingerprint density at radius 2 is 2.08 bits per heavy atom. The zero-order valence-corrected chi connectivity index (χ0v) is 7.33. The average Bonchev–Trinajstić information content (AvgIpc) is 2.85. The van der Waals surface area contributed by atoms with Crippen LogP contribution in [-0.2, 0) is 4.74 Å². The Morgan fingerprint density at radius 1 is 1.42 bits per heavy atom. The van der Waals surface area contributed by atoms with E-state index in [4.69, 9.17) is 9.47 Å². The van der Waals surface area contributed by atoms with Gasteiger partial charge in [-0.15, -0.1) is 0 Å². The van der Waals surface area contributed by atoms with Crippen molar-refractivity contribution in [2.45, 2.75) is 20.0 Å². The molecule has 2 nitrogen and oxygen atoms in total. The molecule has 0 spiro atoms. The Balaban J connectivity index is 0.000000119. The van der Waals surface area contributed by atoms with E-state index in [-0.39, 0.29) is 0 Å². The quantitative estimate of drug-likeness (QED) is 0.559. The molecule has 2 heterocycles. The van der Waals surface area contributed by atoms with Gasteiger partial charge in [0.2, 0.25) is 0 Å². The minimum Gasteiger partial charge on any atom is -0.449 e. The SMILES string of the molecule is CC1CO1.Cc1cccc2c1O2. The third kappa shape index (κ3) is 1.77. The molecule has 0 aromatic heterocycles. The van der Waals surface area contributed by atoms with Crippen LogP contribution in [-0.4, -0.2) is 12.7 Å². The van der Waals surface area contributed by atoms with Crippen LogP contribution in [0.5, 0.6) is 11.5 Å². The van der Waals surface area contributed by atoms with E-state index in [1.807, 2.05) is 25.1 Å². The van der Waals surface area contributed by atoms with Crippen LogP contribution in [0.2, 0.25) is 0 Å². The summed E-state index contributed by atoms with van der Waals surface area (Å²) in [5.41, 5.74) is 1.24. The summed E-state index contributed by atoms with van der Waals surface area (Å²) in [5, 5.41) is 0. The van der Waals surface area contributed by atoms with Crippen molar-refractivity contribution in [1.82, 2.24) is 0 Å². The van der Waals surface area contributed by atoms with E-state index < -0.39 is 0 Å². The van der Waals surface area contributed by atoms with Crippen LogP contribution >= 0.6 is 0 Å². The van der Waals surface area contributed by atoms with Crippen LogP contribution in [0.25, 0.3) is 0 Å². The van der Waals surface area contributed by atoms with Crippen LogP contribution in [0.3, 0.4) is 0 Å². The molecule has 64 valence electrons. The van der Waals surface area contributed by atoms with Crippen molar-refractivity contribution in [3.63, 3.8) is 0 Å². The molecule has 12 heavy (non-hydrogen) atoms. The Kier molecular flexibility index (Phi) is 1.77. The smallest absolute Gasteiger partial charge is 0.173 e. The fraction of sp³-hybridized carbons (Fsp3) is 0.400. The first-order valence-electron chi connectivity index (χ1n) is 4.16. The van der Waals surface area contributed by atoms with Gasteiger partial charge in [-0.3, -0.25) is 0 Å². The van der Waals surface area contributed by atoms with Gasteiger partial charge in [-0.1, -0.05) is 12.1 Å². The number of epoxide rings is 1. The molecule has 0 bridgehead atoms. The van der Waals surface area contributed by atoms with E-state index >= 15 is 0 Å². The molecule has 0 aliphatic carbocycles. The third-order valence-electron chi connectivity index (χ3n) is 1.85. The van der Waals surface area contributed by atoms with Crippen molar-refractivity contribution in [2.75, 3.05) is 6.61 Å². The van der Waals surface area contributed by atoms with Crippen LogP contribution < -0.4 is 4.74 Å². The van der Waals surface area contributed by atoms with Gasteiger partial charge in [0.15, 0.2) is 11.5 Å². The Morgan fingerprint density at radius 3 is 2.50 bits per heavy atom. The predicted molar refractivity (Wildman–Crippen MR) is 46.7 cm³/mol. The summed E-state index contributed by atoms with van der Waals surface area (Å²) in [7, 11) is 0. The molecule has 0 N–H and O–H groups in total. The summed E-state index contributed by atoms with van der Waals surface area (Å²) in [6, 6.07) is 6.02. The molecule has 0 amide bonds. The van der Waals surface area contributed by atoms with Crippen LogP contribution in [0.4, 0.5) is 0 Å². The van der Waals surface area contributed by atoms with Crippen molar-refractivity contribution in [3.05, 3.63) is 23.8 Å². The summed E-state index contributed by atoms with van der Waals surface area (Å²) in [4.78, 5) is 0. The topological polar surface area (TPSA) is 25.1 Å². The molecule has 1 aromatic carbocycles. The van der Waals surface area contributed by atoms with Gasteiger partial charge < -0.3 is 9.47 Å². The molecule has 0 saturated carbocycles. The van der Waals surface area contributed by atoms with Gasteiger partial charge in [-0.2, -0.15) is 0 Å². The van der Waals surface area contributed by atoms with E-state index in [0.717, 1.165) is 18.1 Å². The number of rotatable bonds is 0. The Bertz CT molecular complexity index is 290. The maximum Gasteiger partial charge on any atom is 0.173 e. The monoisotopic (exact) mass is 164 g/mol. The highest BCUT2D eigenvalue weighted by Gasteiger charge is 2.20. The lowest BCUT2D eigenvalue weighted by Crippen LogP contribution is -1.60. The maximum atomic E-state index is 5.07. The number of hydrogen-bond donors (Lipinski definition) is 0. The maximum absolute atomic E-state index is 5.07. The lowest BCUT2D eigenvalue weighted by atomic mass is 10.2. The zero-order chi connectivity index (χ0) is 8.55. The number of fused-ring (bicyclic) bond motifs is 1. The van der Waals surface area contributed by atoms with E-state index in [2.05, 4.69) is 6.92 Å². The lowest BCUT2D eigenvalue weighted by Gasteiger charge is -1.76. The molecular formula is C10H12O2. The summed E-state index contributed by atoms with van der Waals surface area (Å²) in [5.74, 6) is 2.12. The molecule has 2 aliphatic rings. The Hall–Kier alpha value is -1.02. The molecule has 3 rings (SSSR count). The van der Waals surface area contributed by atoms with Crippen LogP contribution in [0.15, 0.2) is 18.2 Å². The average molecular weight is 164 g/mol. The summed E-state index contributed by atoms with van der Waals surface area (Å²) >= 11 is 0. The first-order valence-corrected chi connectivity index (χ1v) is 4.16. The molecule has 1 unspecified atom stereocenters. The first-order chi connectivity index (χ1) is 5.77. The van der Waals surface area contributed by atoms with Crippen LogP contribution in [0, 0.1) is 6.92 Å². The van der Waals surface area contributed by atoms with Gasteiger partial charge in [0.05, 0.1) is 12.7 Å². The van der Waals surface area contributed by atoms with E-state index in [9.17, 15) is 0 Å². The van der Waals surface area contributed by atoms with Gasteiger partial charge in [-0.05, 0) is 25.5 Å². The fourth-order valence-corrected chi connectivity index (χ4v) is 0.921. The van der Waals surface area contributed by atoms with E-state index in [0.29, 0.717) is 6.10 Å². The molecular weight excluding hydrogens is 152 g/mol. The second-order valence-electron chi connectivity index (χ2n) is 3.15. The molecule has 1 atom stereocenters.